The first-order valence-electron chi connectivity index (χ1n) is 9.18. The van der Waals surface area contributed by atoms with Gasteiger partial charge >= 0.3 is 0 Å². The van der Waals surface area contributed by atoms with E-state index in [4.69, 9.17) is 0 Å². The Morgan fingerprint density at radius 3 is 2.50 bits per heavy atom. The van der Waals surface area contributed by atoms with Crippen LogP contribution in [0.2, 0.25) is 0 Å². The van der Waals surface area contributed by atoms with Crippen LogP contribution in [-0.4, -0.2) is 50.6 Å². The van der Waals surface area contributed by atoms with Crippen molar-refractivity contribution in [1.29, 1.82) is 0 Å². The summed E-state index contributed by atoms with van der Waals surface area (Å²) in [6, 6.07) is 14.5. The SMILES string of the molecule is CN1CCN(c2ccc(CCCNC(=O)c3cccc(F)c3)cc2)CC1. The third kappa shape index (κ3) is 5.05. The van der Waals surface area contributed by atoms with Gasteiger partial charge in [-0.1, -0.05) is 18.2 Å². The van der Waals surface area contributed by atoms with E-state index in [1.165, 1.54) is 23.4 Å². The Hall–Kier alpha value is -2.40. The lowest BCUT2D eigenvalue weighted by atomic mass is 10.1. The highest BCUT2D eigenvalue weighted by atomic mass is 19.1. The number of amides is 1. The largest absolute Gasteiger partial charge is 0.369 e. The van der Waals surface area contributed by atoms with Gasteiger partial charge in [0.15, 0.2) is 0 Å². The van der Waals surface area contributed by atoms with E-state index in [9.17, 15) is 9.18 Å². The number of nitrogens with one attached hydrogen (secondary N) is 1. The molecule has 1 aliphatic rings. The lowest BCUT2D eigenvalue weighted by molar-refractivity contribution is 0.0953. The Labute approximate surface area is 154 Å². The maximum Gasteiger partial charge on any atom is 0.251 e. The molecule has 3 rings (SSSR count). The van der Waals surface area contributed by atoms with Gasteiger partial charge in [0.05, 0.1) is 0 Å². The number of carbonyl (C=O) groups is 1. The van der Waals surface area contributed by atoms with Gasteiger partial charge in [0, 0.05) is 44.0 Å². The zero-order valence-electron chi connectivity index (χ0n) is 15.2. The summed E-state index contributed by atoms with van der Waals surface area (Å²) in [6.07, 6.45) is 1.77. The number of anilines is 1. The van der Waals surface area contributed by atoms with Gasteiger partial charge in [-0.05, 0) is 55.8 Å². The Morgan fingerprint density at radius 1 is 1.08 bits per heavy atom. The first kappa shape index (κ1) is 18.4. The summed E-state index contributed by atoms with van der Waals surface area (Å²) in [5, 5.41) is 2.85. The number of benzene rings is 2. The van der Waals surface area contributed by atoms with Crippen molar-refractivity contribution in [1.82, 2.24) is 10.2 Å². The van der Waals surface area contributed by atoms with Crippen LogP contribution in [0.3, 0.4) is 0 Å². The first-order valence-corrected chi connectivity index (χ1v) is 9.18. The van der Waals surface area contributed by atoms with Crippen molar-refractivity contribution in [2.45, 2.75) is 12.8 Å². The summed E-state index contributed by atoms with van der Waals surface area (Å²) in [4.78, 5) is 16.7. The van der Waals surface area contributed by atoms with Gasteiger partial charge in [-0.25, -0.2) is 4.39 Å². The molecule has 2 aromatic rings. The molecule has 0 radical (unpaired) electrons. The average Bonchev–Trinajstić information content (AvgIpc) is 2.66. The van der Waals surface area contributed by atoms with E-state index in [1.54, 1.807) is 12.1 Å². The molecule has 0 saturated carbocycles. The molecular formula is C21H26FN3O. The van der Waals surface area contributed by atoms with Gasteiger partial charge in [0.2, 0.25) is 0 Å². The molecular weight excluding hydrogens is 329 g/mol. The smallest absolute Gasteiger partial charge is 0.251 e. The number of aryl methyl sites for hydroxylation is 1. The van der Waals surface area contributed by atoms with Crippen molar-refractivity contribution in [3.05, 3.63) is 65.5 Å². The van der Waals surface area contributed by atoms with E-state index in [2.05, 4.69) is 46.4 Å². The molecule has 4 nitrogen and oxygen atoms in total. The number of carbonyl (C=O) groups excluding carboxylic acids is 1. The van der Waals surface area contributed by atoms with E-state index in [0.29, 0.717) is 12.1 Å². The van der Waals surface area contributed by atoms with Crippen LogP contribution in [0.15, 0.2) is 48.5 Å². The van der Waals surface area contributed by atoms with Gasteiger partial charge in [-0.2, -0.15) is 0 Å². The standard InChI is InChI=1S/C21H26FN3O/c1-24-12-14-25(15-13-24)20-9-7-17(8-10-20)4-3-11-23-21(26)18-5-2-6-19(22)16-18/h2,5-10,16H,3-4,11-15H2,1H3,(H,23,26). The summed E-state index contributed by atoms with van der Waals surface area (Å²) < 4.78 is 13.1. The minimum absolute atomic E-state index is 0.227. The van der Waals surface area contributed by atoms with Gasteiger partial charge in [0.25, 0.3) is 5.91 Å². The predicted molar refractivity (Wildman–Crippen MR) is 103 cm³/mol. The van der Waals surface area contributed by atoms with E-state index in [1.807, 2.05) is 0 Å². The summed E-state index contributed by atoms with van der Waals surface area (Å²) in [7, 11) is 2.16. The fraction of sp³-hybridized carbons (Fsp3) is 0.381. The number of halogens is 1. The van der Waals surface area contributed by atoms with Crippen LogP contribution in [-0.2, 0) is 6.42 Å². The van der Waals surface area contributed by atoms with Crippen molar-refractivity contribution in [3.63, 3.8) is 0 Å². The van der Waals surface area contributed by atoms with E-state index in [-0.39, 0.29) is 5.91 Å². The van der Waals surface area contributed by atoms with Crippen LogP contribution in [0.1, 0.15) is 22.3 Å². The highest BCUT2D eigenvalue weighted by Crippen LogP contribution is 2.17. The van der Waals surface area contributed by atoms with Crippen LogP contribution >= 0.6 is 0 Å². The fourth-order valence-corrected chi connectivity index (χ4v) is 3.16. The monoisotopic (exact) mass is 355 g/mol. The molecule has 0 spiro atoms. The second kappa shape index (κ2) is 8.81. The van der Waals surface area contributed by atoms with Crippen LogP contribution in [0.25, 0.3) is 0 Å². The molecule has 1 fully saturated rings. The maximum atomic E-state index is 13.1. The lowest BCUT2D eigenvalue weighted by Gasteiger charge is -2.34. The lowest BCUT2D eigenvalue weighted by Crippen LogP contribution is -2.44. The van der Waals surface area contributed by atoms with Gasteiger partial charge in [-0.3, -0.25) is 4.79 Å². The first-order chi connectivity index (χ1) is 12.6. The zero-order chi connectivity index (χ0) is 18.4. The highest BCUT2D eigenvalue weighted by molar-refractivity contribution is 5.94. The van der Waals surface area contributed by atoms with Crippen LogP contribution in [0, 0.1) is 5.82 Å². The Balaban J connectivity index is 1.41. The predicted octanol–water partition coefficient (Wildman–Crippen LogP) is 2.94. The molecule has 1 aliphatic heterocycles. The fourth-order valence-electron chi connectivity index (χ4n) is 3.16. The quantitative estimate of drug-likeness (QED) is 0.810. The number of likely N-dealkylation sites (N-methyl/N-ethyl adjacent to an activating group) is 1. The summed E-state index contributed by atoms with van der Waals surface area (Å²) in [6.45, 7) is 4.93. The van der Waals surface area contributed by atoms with Gasteiger partial charge < -0.3 is 15.1 Å². The number of nitrogens with zero attached hydrogens (tertiary/aromatic N) is 2. The molecule has 2 aromatic carbocycles. The van der Waals surface area contributed by atoms with Crippen LogP contribution < -0.4 is 10.2 Å². The number of piperazine rings is 1. The summed E-state index contributed by atoms with van der Waals surface area (Å²) in [5.41, 5.74) is 2.91. The molecule has 0 bridgehead atoms. The normalized spacial score (nSPS) is 15.1. The van der Waals surface area contributed by atoms with E-state index in [0.717, 1.165) is 39.0 Å². The highest BCUT2D eigenvalue weighted by Gasteiger charge is 2.13. The van der Waals surface area contributed by atoms with Crippen molar-refractivity contribution in [2.24, 2.45) is 0 Å². The van der Waals surface area contributed by atoms with E-state index < -0.39 is 5.82 Å². The van der Waals surface area contributed by atoms with Gasteiger partial charge in [0.1, 0.15) is 5.82 Å². The molecule has 138 valence electrons. The molecule has 1 heterocycles. The third-order valence-electron chi connectivity index (χ3n) is 4.82. The van der Waals surface area contributed by atoms with E-state index >= 15 is 0 Å². The Kier molecular flexibility index (Phi) is 6.23. The average molecular weight is 355 g/mol. The molecule has 0 atom stereocenters. The summed E-state index contributed by atoms with van der Waals surface area (Å²) in [5.74, 6) is -0.618. The third-order valence-corrected chi connectivity index (χ3v) is 4.82. The van der Waals surface area contributed by atoms with Crippen molar-refractivity contribution in [2.75, 3.05) is 44.7 Å². The molecule has 1 N–H and O–H groups in total. The second-order valence-corrected chi connectivity index (χ2v) is 6.83. The minimum Gasteiger partial charge on any atom is -0.369 e. The Bertz CT molecular complexity index is 724. The second-order valence-electron chi connectivity index (χ2n) is 6.83. The van der Waals surface area contributed by atoms with Crippen LogP contribution in [0.5, 0.6) is 0 Å². The summed E-state index contributed by atoms with van der Waals surface area (Å²) >= 11 is 0. The molecule has 26 heavy (non-hydrogen) atoms. The van der Waals surface area contributed by atoms with Gasteiger partial charge in [-0.15, -0.1) is 0 Å². The number of rotatable bonds is 6. The molecule has 0 unspecified atom stereocenters. The number of hydrogen-bond donors (Lipinski definition) is 1. The molecule has 1 amide bonds. The van der Waals surface area contributed by atoms with Crippen molar-refractivity contribution in [3.8, 4) is 0 Å². The number of hydrogen-bond acceptors (Lipinski definition) is 3. The zero-order valence-corrected chi connectivity index (χ0v) is 15.2. The molecule has 1 saturated heterocycles. The molecule has 0 aliphatic carbocycles. The molecule has 0 aromatic heterocycles. The Morgan fingerprint density at radius 2 is 1.81 bits per heavy atom. The molecule has 5 heteroatoms. The van der Waals surface area contributed by atoms with Crippen molar-refractivity contribution < 1.29 is 9.18 Å². The van der Waals surface area contributed by atoms with Crippen LogP contribution in [0.4, 0.5) is 10.1 Å². The maximum absolute atomic E-state index is 13.1. The minimum atomic E-state index is -0.391. The van der Waals surface area contributed by atoms with Crippen molar-refractivity contribution >= 4 is 11.6 Å². The topological polar surface area (TPSA) is 35.6 Å².